The zero-order valence-electron chi connectivity index (χ0n) is 16.0. The van der Waals surface area contributed by atoms with E-state index >= 15 is 0 Å². The third-order valence-corrected chi connectivity index (χ3v) is 4.70. The molecule has 3 rings (SSSR count). The first-order valence-corrected chi connectivity index (χ1v) is 9.14. The van der Waals surface area contributed by atoms with E-state index in [1.807, 2.05) is 35.0 Å². The molecule has 1 aliphatic rings. The number of benzene rings is 1. The number of aromatic nitrogens is 2. The molecule has 1 unspecified atom stereocenters. The average molecular weight is 370 g/mol. The van der Waals surface area contributed by atoms with Crippen molar-refractivity contribution in [1.82, 2.24) is 14.7 Å². The Morgan fingerprint density at radius 2 is 2.00 bits per heavy atom. The molecule has 2 N–H and O–H groups in total. The van der Waals surface area contributed by atoms with Crippen molar-refractivity contribution in [2.75, 3.05) is 13.2 Å². The Bertz CT molecular complexity index is 829. The molecular weight excluding hydrogens is 344 g/mol. The summed E-state index contributed by atoms with van der Waals surface area (Å²) in [6, 6.07) is 8.62. The molecule has 7 nitrogen and oxygen atoms in total. The molecule has 0 bridgehead atoms. The van der Waals surface area contributed by atoms with Gasteiger partial charge >= 0.3 is 5.97 Å². The fourth-order valence-electron chi connectivity index (χ4n) is 3.49. The monoisotopic (exact) mass is 370 g/mol. The topological polar surface area (TPSA) is 90.4 Å². The van der Waals surface area contributed by atoms with Crippen molar-refractivity contribution in [2.24, 2.45) is 11.1 Å². The van der Waals surface area contributed by atoms with Gasteiger partial charge in [0.2, 0.25) is 0 Å². The van der Waals surface area contributed by atoms with Crippen LogP contribution in [0.1, 0.15) is 32.0 Å². The highest BCUT2D eigenvalue weighted by molar-refractivity contribution is 6.01. The van der Waals surface area contributed by atoms with Crippen LogP contribution >= 0.6 is 0 Å². The van der Waals surface area contributed by atoms with E-state index in [2.05, 4.69) is 18.9 Å². The van der Waals surface area contributed by atoms with Crippen molar-refractivity contribution in [3.63, 3.8) is 0 Å². The van der Waals surface area contributed by atoms with Crippen molar-refractivity contribution < 1.29 is 14.3 Å². The molecule has 1 atom stereocenters. The number of carbonyl (C=O) groups excluding carboxylic acids is 2. The molecule has 27 heavy (non-hydrogen) atoms. The fraction of sp³-hybridized carbons (Fsp3) is 0.450. The molecule has 1 amide bonds. The maximum atomic E-state index is 12.8. The van der Waals surface area contributed by atoms with E-state index in [0.717, 1.165) is 23.4 Å². The summed E-state index contributed by atoms with van der Waals surface area (Å²) in [7, 11) is 0. The van der Waals surface area contributed by atoms with Gasteiger partial charge in [-0.1, -0.05) is 32.0 Å². The van der Waals surface area contributed by atoms with Gasteiger partial charge in [0.05, 0.1) is 18.5 Å². The lowest BCUT2D eigenvalue weighted by Crippen LogP contribution is -2.50. The van der Waals surface area contributed by atoms with Gasteiger partial charge in [-0.25, -0.2) is 9.48 Å². The van der Waals surface area contributed by atoms with Crippen molar-refractivity contribution >= 4 is 11.9 Å². The second-order valence-corrected chi connectivity index (χ2v) is 7.63. The maximum Gasteiger partial charge on any atom is 0.332 e. The molecule has 0 saturated carbocycles. The van der Waals surface area contributed by atoms with E-state index in [9.17, 15) is 9.59 Å². The van der Waals surface area contributed by atoms with Gasteiger partial charge in [0, 0.05) is 24.3 Å². The fourth-order valence-corrected chi connectivity index (χ4v) is 3.49. The molecular formula is C20H26N4O3. The smallest absolute Gasteiger partial charge is 0.332 e. The van der Waals surface area contributed by atoms with Crippen molar-refractivity contribution in [1.29, 1.82) is 0 Å². The quantitative estimate of drug-likeness (QED) is 0.653. The van der Waals surface area contributed by atoms with Gasteiger partial charge in [-0.2, -0.15) is 5.10 Å². The third kappa shape index (κ3) is 4.03. The van der Waals surface area contributed by atoms with E-state index in [-0.39, 0.29) is 12.0 Å². The number of rotatable bonds is 4. The molecule has 0 radical (unpaired) electrons. The van der Waals surface area contributed by atoms with E-state index in [1.165, 1.54) is 0 Å². The maximum absolute atomic E-state index is 12.8. The van der Waals surface area contributed by atoms with Gasteiger partial charge in [-0.3, -0.25) is 4.79 Å². The average Bonchev–Trinajstić information content (AvgIpc) is 2.95. The summed E-state index contributed by atoms with van der Waals surface area (Å²) >= 11 is 0. The van der Waals surface area contributed by atoms with Crippen molar-refractivity contribution in [2.45, 2.75) is 39.8 Å². The molecule has 144 valence electrons. The van der Waals surface area contributed by atoms with E-state index in [1.54, 1.807) is 18.0 Å². The van der Waals surface area contributed by atoms with Crippen LogP contribution in [0, 0.1) is 5.41 Å². The molecule has 2 heterocycles. The zero-order chi connectivity index (χ0) is 19.6. The molecule has 2 aromatic rings. The van der Waals surface area contributed by atoms with Crippen LogP contribution in [0.25, 0.3) is 5.69 Å². The number of para-hydroxylation sites is 1. The summed E-state index contributed by atoms with van der Waals surface area (Å²) in [5.41, 5.74) is 8.68. The Morgan fingerprint density at radius 3 is 2.67 bits per heavy atom. The first-order valence-electron chi connectivity index (χ1n) is 9.14. The summed E-state index contributed by atoms with van der Waals surface area (Å²) in [6.45, 7) is 6.95. The minimum absolute atomic E-state index is 0.193. The molecule has 1 aliphatic heterocycles. The Kier molecular flexibility index (Phi) is 5.32. The molecule has 0 aliphatic carbocycles. The van der Waals surface area contributed by atoms with E-state index in [0.29, 0.717) is 13.1 Å². The second kappa shape index (κ2) is 7.52. The summed E-state index contributed by atoms with van der Waals surface area (Å²) in [5.74, 6) is -1.11. The molecule has 7 heteroatoms. The normalized spacial score (nSPS) is 17.0. The molecule has 0 saturated heterocycles. The van der Waals surface area contributed by atoms with Gasteiger partial charge in [0.25, 0.3) is 5.91 Å². The summed E-state index contributed by atoms with van der Waals surface area (Å²) in [6.07, 6.45) is 2.55. The number of hydrogen-bond acceptors (Lipinski definition) is 5. The van der Waals surface area contributed by atoms with Gasteiger partial charge < -0.3 is 15.4 Å². The number of amides is 1. The molecule has 1 aromatic heterocycles. The van der Waals surface area contributed by atoms with Gasteiger partial charge in [0.15, 0.2) is 6.04 Å². The van der Waals surface area contributed by atoms with Crippen LogP contribution in [0.2, 0.25) is 0 Å². The SMILES string of the molecule is CCOC(=O)C(N)C(=O)N1Cc2cnn(-c3ccccc3)c2CC(C)(C)C1. The summed E-state index contributed by atoms with van der Waals surface area (Å²) in [4.78, 5) is 26.4. The van der Waals surface area contributed by atoms with E-state index < -0.39 is 17.9 Å². The number of hydrogen-bond donors (Lipinski definition) is 1. The first-order chi connectivity index (χ1) is 12.8. The number of carbonyl (C=O) groups is 2. The lowest BCUT2D eigenvalue weighted by molar-refractivity contribution is -0.151. The number of nitrogens with zero attached hydrogens (tertiary/aromatic N) is 3. The van der Waals surface area contributed by atoms with Crippen LogP contribution in [-0.4, -0.2) is 45.8 Å². The predicted molar refractivity (Wildman–Crippen MR) is 101 cm³/mol. The van der Waals surface area contributed by atoms with Crippen LogP contribution in [-0.2, 0) is 27.3 Å². The Balaban J connectivity index is 1.91. The predicted octanol–water partition coefficient (Wildman–Crippen LogP) is 1.67. The Morgan fingerprint density at radius 1 is 1.30 bits per heavy atom. The van der Waals surface area contributed by atoms with Crippen LogP contribution in [0.4, 0.5) is 0 Å². The summed E-state index contributed by atoms with van der Waals surface area (Å²) < 4.78 is 6.83. The molecule has 1 aromatic carbocycles. The standard InChI is InChI=1S/C20H26N4O3/c1-4-27-19(26)17(21)18(25)23-12-14-11-22-24(15-8-6-5-7-9-15)16(14)10-20(2,3)13-23/h5-9,11,17H,4,10,12-13,21H2,1-3H3. The number of ether oxygens (including phenoxy) is 1. The van der Waals surface area contributed by atoms with Gasteiger partial charge in [-0.05, 0) is 30.9 Å². The lowest BCUT2D eigenvalue weighted by atomic mass is 9.87. The highest BCUT2D eigenvalue weighted by Crippen LogP contribution is 2.31. The van der Waals surface area contributed by atoms with Crippen LogP contribution in [0.5, 0.6) is 0 Å². The van der Waals surface area contributed by atoms with Crippen molar-refractivity contribution in [3.8, 4) is 5.69 Å². The zero-order valence-corrected chi connectivity index (χ0v) is 16.0. The summed E-state index contributed by atoms with van der Waals surface area (Å²) in [5, 5.41) is 4.53. The number of fused-ring (bicyclic) bond motifs is 1. The minimum Gasteiger partial charge on any atom is -0.464 e. The van der Waals surface area contributed by atoms with Crippen LogP contribution < -0.4 is 5.73 Å². The molecule has 0 spiro atoms. The van der Waals surface area contributed by atoms with Crippen molar-refractivity contribution in [3.05, 3.63) is 47.8 Å². The minimum atomic E-state index is -1.30. The third-order valence-electron chi connectivity index (χ3n) is 4.70. The highest BCUT2D eigenvalue weighted by atomic mass is 16.5. The van der Waals surface area contributed by atoms with Gasteiger partial charge in [0.1, 0.15) is 0 Å². The second-order valence-electron chi connectivity index (χ2n) is 7.63. The van der Waals surface area contributed by atoms with E-state index in [4.69, 9.17) is 10.5 Å². The number of esters is 1. The van der Waals surface area contributed by atoms with Crippen LogP contribution in [0.3, 0.4) is 0 Å². The molecule has 0 fully saturated rings. The van der Waals surface area contributed by atoms with Gasteiger partial charge in [-0.15, -0.1) is 0 Å². The Hall–Kier alpha value is -2.67. The largest absolute Gasteiger partial charge is 0.464 e. The highest BCUT2D eigenvalue weighted by Gasteiger charge is 2.36. The first kappa shape index (κ1) is 19.1. The Labute approximate surface area is 159 Å². The van der Waals surface area contributed by atoms with Crippen LogP contribution in [0.15, 0.2) is 36.5 Å². The lowest BCUT2D eigenvalue weighted by Gasteiger charge is -2.31. The number of nitrogens with two attached hydrogens (primary N) is 1.